The topological polar surface area (TPSA) is 127 Å². The number of ether oxygens (including phenoxy) is 3. The minimum atomic E-state index is -4.63. The number of nitrogens with zero attached hydrogens (tertiary/aromatic N) is 3. The highest BCUT2D eigenvalue weighted by atomic mass is 35.5. The van der Waals surface area contributed by atoms with Gasteiger partial charge in [-0.3, -0.25) is 19.2 Å². The molecule has 0 bridgehead atoms. The number of aromatic nitrogens is 3. The highest BCUT2D eigenvalue weighted by Crippen LogP contribution is 2.37. The van der Waals surface area contributed by atoms with Crippen molar-refractivity contribution in [2.45, 2.75) is 78.5 Å². The number of aryl methyl sites for hydroxylation is 1. The Balaban J connectivity index is 1.62. The first kappa shape index (κ1) is 37.0. The van der Waals surface area contributed by atoms with Gasteiger partial charge in [0.15, 0.2) is 11.2 Å². The van der Waals surface area contributed by atoms with Crippen LogP contribution in [-0.2, 0) is 38.4 Å². The lowest BCUT2D eigenvalue weighted by atomic mass is 9.78. The van der Waals surface area contributed by atoms with Gasteiger partial charge in [-0.1, -0.05) is 35.0 Å². The van der Waals surface area contributed by atoms with Gasteiger partial charge in [0.2, 0.25) is 0 Å². The van der Waals surface area contributed by atoms with E-state index in [9.17, 15) is 32.3 Å². The van der Waals surface area contributed by atoms with E-state index in [0.29, 0.717) is 5.52 Å². The van der Waals surface area contributed by atoms with Gasteiger partial charge < -0.3 is 14.2 Å². The summed E-state index contributed by atoms with van der Waals surface area (Å²) in [5.41, 5.74) is -4.03. The van der Waals surface area contributed by atoms with Gasteiger partial charge in [-0.25, -0.2) is 4.68 Å². The molecule has 260 valence electrons. The molecule has 0 N–H and O–H groups in total. The third-order valence-electron chi connectivity index (χ3n) is 7.28. The molecule has 3 aromatic carbocycles. The molecule has 0 aliphatic rings. The Hall–Kier alpha value is -4.78. The smallest absolute Gasteiger partial charge is 0.417 e. The van der Waals surface area contributed by atoms with Crippen molar-refractivity contribution in [2.24, 2.45) is 5.41 Å². The van der Waals surface area contributed by atoms with Crippen LogP contribution in [-0.4, -0.2) is 44.4 Å². The number of Topliss-reactive ketones (excluding diaryl/α,β-unsaturated/α-hetero) is 1. The average molecular weight is 702 g/mol. The van der Waals surface area contributed by atoms with E-state index in [4.69, 9.17) is 25.8 Å². The van der Waals surface area contributed by atoms with E-state index in [0.717, 1.165) is 16.8 Å². The molecule has 0 aliphatic heterocycles. The summed E-state index contributed by atoms with van der Waals surface area (Å²) in [5, 5.41) is 7.86. The van der Waals surface area contributed by atoms with Crippen LogP contribution in [0.2, 0.25) is 5.02 Å². The maximum atomic E-state index is 13.9. The molecule has 1 heterocycles. The quantitative estimate of drug-likeness (QED) is 0.0873. The van der Waals surface area contributed by atoms with E-state index in [1.54, 1.807) is 58.9 Å². The average Bonchev–Trinajstić information content (AvgIpc) is 3.02. The fourth-order valence-electron chi connectivity index (χ4n) is 4.85. The number of hydrogen-bond acceptors (Lipinski definition) is 9. The fraction of sp³-hybridized carbons (Fsp3) is 0.371. The van der Waals surface area contributed by atoms with Gasteiger partial charge in [-0.05, 0) is 95.1 Å². The number of carbonyl (C=O) groups excluding carboxylic acids is 3. The molecule has 1 aromatic heterocycles. The number of carbonyl (C=O) groups is 3. The van der Waals surface area contributed by atoms with Crippen LogP contribution in [0, 0.1) is 5.41 Å². The molecule has 0 saturated carbocycles. The molecule has 4 rings (SSSR count). The molecule has 0 radical (unpaired) electrons. The first-order chi connectivity index (χ1) is 22.9. The van der Waals surface area contributed by atoms with Crippen molar-refractivity contribution in [1.29, 1.82) is 0 Å². The van der Waals surface area contributed by atoms with Gasteiger partial charge in [0.25, 0.3) is 5.56 Å². The van der Waals surface area contributed by atoms with Crippen LogP contribution in [0.3, 0.4) is 0 Å². The predicted molar refractivity (Wildman–Crippen MR) is 174 cm³/mol. The second-order valence-electron chi connectivity index (χ2n) is 12.6. The van der Waals surface area contributed by atoms with E-state index in [1.165, 1.54) is 30.3 Å². The Kier molecular flexibility index (Phi) is 11.2. The predicted octanol–water partition coefficient (Wildman–Crippen LogP) is 6.99. The van der Waals surface area contributed by atoms with Gasteiger partial charge in [-0.2, -0.15) is 13.2 Å². The lowest BCUT2D eigenvalue weighted by molar-refractivity contribution is -0.182. The molecule has 0 amide bonds. The normalized spacial score (nSPS) is 13.2. The van der Waals surface area contributed by atoms with E-state index in [-0.39, 0.29) is 41.8 Å². The molecule has 0 spiro atoms. The summed E-state index contributed by atoms with van der Waals surface area (Å²) in [5.74, 6) is -2.40. The van der Waals surface area contributed by atoms with Crippen molar-refractivity contribution in [3.63, 3.8) is 0 Å². The Morgan fingerprint density at radius 1 is 0.939 bits per heavy atom. The van der Waals surface area contributed by atoms with Gasteiger partial charge in [-0.15, -0.1) is 5.10 Å². The fourth-order valence-corrected chi connectivity index (χ4v) is 5.07. The Morgan fingerprint density at radius 2 is 1.61 bits per heavy atom. The van der Waals surface area contributed by atoms with E-state index < -0.39 is 63.6 Å². The maximum absolute atomic E-state index is 13.9. The second kappa shape index (κ2) is 14.8. The zero-order chi connectivity index (χ0) is 36.1. The van der Waals surface area contributed by atoms with Gasteiger partial charge >= 0.3 is 18.1 Å². The number of rotatable bonds is 12. The SMILES string of the molecule is CC(C)OC(=O)C(CCn1nnc2ccccc2c1=O)(CC(=O)c1ccc(OCc2ccc(Cl)c(C(F)(F)F)c2)cc1)C(=O)OC(C)(C)C. The summed E-state index contributed by atoms with van der Waals surface area (Å²) in [4.78, 5) is 54.6. The highest BCUT2D eigenvalue weighted by Gasteiger charge is 2.52. The molecule has 0 aliphatic carbocycles. The van der Waals surface area contributed by atoms with Crippen molar-refractivity contribution in [1.82, 2.24) is 15.0 Å². The number of ketones is 1. The zero-order valence-corrected chi connectivity index (χ0v) is 28.2. The van der Waals surface area contributed by atoms with Crippen LogP contribution in [0.1, 0.15) is 68.9 Å². The van der Waals surface area contributed by atoms with Gasteiger partial charge in [0, 0.05) is 18.5 Å². The number of halogens is 4. The summed E-state index contributed by atoms with van der Waals surface area (Å²) >= 11 is 5.69. The molecule has 14 heteroatoms. The molecule has 1 unspecified atom stereocenters. The minimum absolute atomic E-state index is 0.103. The molecular formula is C35H35ClF3N3O7. The van der Waals surface area contributed by atoms with Crippen LogP contribution in [0.15, 0.2) is 71.5 Å². The Labute approximate surface area is 285 Å². The third-order valence-corrected chi connectivity index (χ3v) is 7.61. The largest absolute Gasteiger partial charge is 0.489 e. The van der Waals surface area contributed by atoms with Crippen molar-refractivity contribution in [3.05, 3.63) is 98.8 Å². The Morgan fingerprint density at radius 3 is 2.24 bits per heavy atom. The summed E-state index contributed by atoms with van der Waals surface area (Å²) < 4.78 is 57.5. The molecule has 10 nitrogen and oxygen atoms in total. The summed E-state index contributed by atoms with van der Waals surface area (Å²) in [6, 6.07) is 15.6. The van der Waals surface area contributed by atoms with Crippen molar-refractivity contribution in [2.75, 3.05) is 0 Å². The number of hydrogen-bond donors (Lipinski definition) is 0. The minimum Gasteiger partial charge on any atom is -0.489 e. The van der Waals surface area contributed by atoms with Crippen molar-refractivity contribution >= 4 is 40.2 Å². The van der Waals surface area contributed by atoms with Crippen LogP contribution in [0.4, 0.5) is 13.2 Å². The van der Waals surface area contributed by atoms with Crippen LogP contribution in [0.5, 0.6) is 5.75 Å². The molecular weight excluding hydrogens is 667 g/mol. The Bertz CT molecular complexity index is 1900. The molecule has 4 aromatic rings. The zero-order valence-electron chi connectivity index (χ0n) is 27.5. The summed E-state index contributed by atoms with van der Waals surface area (Å²) in [7, 11) is 0. The first-order valence-electron chi connectivity index (χ1n) is 15.3. The number of esters is 2. The molecule has 0 fully saturated rings. The van der Waals surface area contributed by atoms with Gasteiger partial charge in [0.1, 0.15) is 23.5 Å². The summed E-state index contributed by atoms with van der Waals surface area (Å²) in [6.07, 6.45) is -6.34. The summed E-state index contributed by atoms with van der Waals surface area (Å²) in [6.45, 7) is 7.51. The maximum Gasteiger partial charge on any atom is 0.417 e. The monoisotopic (exact) mass is 701 g/mol. The number of benzene rings is 3. The van der Waals surface area contributed by atoms with E-state index >= 15 is 0 Å². The number of alkyl halides is 3. The van der Waals surface area contributed by atoms with Crippen LogP contribution >= 0.6 is 11.6 Å². The van der Waals surface area contributed by atoms with Gasteiger partial charge in [0.05, 0.1) is 22.1 Å². The van der Waals surface area contributed by atoms with E-state index in [2.05, 4.69) is 10.3 Å². The lowest BCUT2D eigenvalue weighted by Gasteiger charge is -2.33. The van der Waals surface area contributed by atoms with Crippen LogP contribution < -0.4 is 10.3 Å². The number of fused-ring (bicyclic) bond motifs is 1. The lowest BCUT2D eigenvalue weighted by Crippen LogP contribution is -2.48. The standard InChI is InChI=1S/C35H35ClF3N3O7/c1-21(2)48-31(45)34(32(46)49-33(3,4)5,16-17-42-30(44)25-8-6-7-9-28(25)40-41-42)19-29(43)23-11-13-24(14-12-23)47-20-22-10-15-27(36)26(18-22)35(37,38)39/h6-15,18,21H,16-17,19-20H2,1-5H3. The van der Waals surface area contributed by atoms with E-state index in [1.807, 2.05) is 0 Å². The third kappa shape index (κ3) is 9.23. The highest BCUT2D eigenvalue weighted by molar-refractivity contribution is 6.31. The molecule has 1 atom stereocenters. The first-order valence-corrected chi connectivity index (χ1v) is 15.7. The van der Waals surface area contributed by atoms with Crippen molar-refractivity contribution in [3.8, 4) is 5.75 Å². The van der Waals surface area contributed by atoms with Crippen LogP contribution in [0.25, 0.3) is 10.9 Å². The second-order valence-corrected chi connectivity index (χ2v) is 13.1. The van der Waals surface area contributed by atoms with Crippen molar-refractivity contribution < 1.29 is 41.8 Å². The molecule has 0 saturated heterocycles. The molecule has 49 heavy (non-hydrogen) atoms.